The summed E-state index contributed by atoms with van der Waals surface area (Å²) in [5, 5.41) is 0.552. The average Bonchev–Trinajstić information content (AvgIpc) is 3.54. The highest BCUT2D eigenvalue weighted by Gasteiger charge is 2.38. The van der Waals surface area contributed by atoms with Gasteiger partial charge in [-0.2, -0.15) is 52.7 Å². The van der Waals surface area contributed by atoms with Crippen LogP contribution in [0.15, 0.2) is 77.8 Å². The first-order valence-electron chi connectivity index (χ1n) is 14.0. The van der Waals surface area contributed by atoms with Crippen molar-refractivity contribution in [1.29, 1.82) is 0 Å². The third-order valence-electron chi connectivity index (χ3n) is 7.95. The van der Waals surface area contributed by atoms with Gasteiger partial charge in [0.15, 0.2) is 5.90 Å². The second kappa shape index (κ2) is 11.2. The van der Waals surface area contributed by atoms with Gasteiger partial charge in [0.1, 0.15) is 12.6 Å². The highest BCUT2D eigenvalue weighted by atomic mass is 19.4. The summed E-state index contributed by atoms with van der Waals surface area (Å²) in [4.78, 5) is 4.39. The van der Waals surface area contributed by atoms with Gasteiger partial charge in [0, 0.05) is 35.3 Å². The molecule has 1 atom stereocenters. The molecule has 0 N–H and O–H groups in total. The Morgan fingerprint density at radius 3 is 1.25 bits per heavy atom. The Labute approximate surface area is 263 Å². The zero-order chi connectivity index (χ0) is 35.0. The fraction of sp³-hybridized carbons (Fsp3) is 0.242. The van der Waals surface area contributed by atoms with Gasteiger partial charge in [-0.25, -0.2) is 4.99 Å². The summed E-state index contributed by atoms with van der Waals surface area (Å²) < 4.78 is 171. The number of nitrogens with zero attached hydrogens (tertiary/aromatic N) is 2. The van der Waals surface area contributed by atoms with E-state index >= 15 is 0 Å². The molecule has 0 bridgehead atoms. The number of fused-ring (bicyclic) bond motifs is 3. The lowest BCUT2D eigenvalue weighted by Gasteiger charge is -2.15. The van der Waals surface area contributed by atoms with Gasteiger partial charge in [0.25, 0.3) is 0 Å². The van der Waals surface area contributed by atoms with Crippen molar-refractivity contribution < 1.29 is 57.4 Å². The summed E-state index contributed by atoms with van der Waals surface area (Å²) in [5.74, 6) is 0.417. The SMILES string of the molecule is CC1=NC(Cn2c3ccc(-c4cc(C(F)(F)F)cc(C(F)(F)F)c4)cc3c3cc(-c4cc(C(F)(F)F)cc(C(F)(F)F)c4)ccc32)CO1. The third kappa shape index (κ3) is 6.41. The standard InChI is InChI=1S/C33H20F12N2O/c1-16-46-25(15-48-16)14-47-28-4-2-17(19-6-21(30(34,35)36)12-22(7-19)31(37,38)39)10-26(28)27-11-18(3-5-29(27)47)20-8-23(32(40,41)42)13-24(9-20)33(43,44)45/h2-13,25H,14-15H2,1H3. The van der Waals surface area contributed by atoms with E-state index in [1.54, 1.807) is 11.5 Å². The number of rotatable bonds is 4. The smallest absolute Gasteiger partial charge is 0.416 e. The molecule has 1 aliphatic rings. The van der Waals surface area contributed by atoms with Crippen molar-refractivity contribution in [2.24, 2.45) is 4.99 Å². The fourth-order valence-electron chi connectivity index (χ4n) is 5.76. The molecule has 4 aromatic carbocycles. The maximum absolute atomic E-state index is 13.6. The Hall–Kier alpha value is -4.69. The lowest BCUT2D eigenvalue weighted by molar-refractivity contribution is -0.144. The van der Waals surface area contributed by atoms with Crippen LogP contribution in [0, 0.1) is 0 Å². The molecule has 252 valence electrons. The molecule has 48 heavy (non-hydrogen) atoms. The Bertz CT molecular complexity index is 1880. The first kappa shape index (κ1) is 33.2. The van der Waals surface area contributed by atoms with Gasteiger partial charge < -0.3 is 9.30 Å². The minimum absolute atomic E-state index is 0.00335. The van der Waals surface area contributed by atoms with E-state index in [-0.39, 0.29) is 47.2 Å². The lowest BCUT2D eigenvalue weighted by atomic mass is 9.96. The van der Waals surface area contributed by atoms with E-state index in [0.29, 0.717) is 41.2 Å². The van der Waals surface area contributed by atoms with Crippen LogP contribution in [0.25, 0.3) is 44.1 Å². The molecule has 5 aromatic rings. The number of benzene rings is 4. The van der Waals surface area contributed by atoms with E-state index in [2.05, 4.69) is 4.99 Å². The predicted molar refractivity (Wildman–Crippen MR) is 153 cm³/mol. The van der Waals surface area contributed by atoms with Crippen LogP contribution in [0.2, 0.25) is 0 Å². The highest BCUT2D eigenvalue weighted by molar-refractivity contribution is 6.10. The number of alkyl halides is 12. The Kier molecular flexibility index (Phi) is 7.75. The molecule has 0 saturated heterocycles. The second-order valence-corrected chi connectivity index (χ2v) is 11.3. The van der Waals surface area contributed by atoms with Gasteiger partial charge in [-0.15, -0.1) is 0 Å². The first-order valence-corrected chi connectivity index (χ1v) is 14.0. The molecule has 0 saturated carbocycles. The van der Waals surface area contributed by atoms with E-state index in [4.69, 9.17) is 4.74 Å². The maximum atomic E-state index is 13.6. The van der Waals surface area contributed by atoms with Crippen LogP contribution in [0.5, 0.6) is 0 Å². The van der Waals surface area contributed by atoms with Crippen molar-refractivity contribution in [2.75, 3.05) is 6.61 Å². The zero-order valence-electron chi connectivity index (χ0n) is 24.3. The summed E-state index contributed by atoms with van der Waals surface area (Å²) >= 11 is 0. The van der Waals surface area contributed by atoms with Gasteiger partial charge >= 0.3 is 24.7 Å². The molecular weight excluding hydrogens is 668 g/mol. The summed E-state index contributed by atoms with van der Waals surface area (Å²) in [6.45, 7) is 2.04. The molecule has 15 heteroatoms. The fourth-order valence-corrected chi connectivity index (χ4v) is 5.76. The minimum atomic E-state index is -5.10. The zero-order valence-corrected chi connectivity index (χ0v) is 24.3. The average molecular weight is 689 g/mol. The summed E-state index contributed by atoms with van der Waals surface area (Å²) in [7, 11) is 0. The molecule has 0 amide bonds. The monoisotopic (exact) mass is 688 g/mol. The number of aromatic nitrogens is 1. The predicted octanol–water partition coefficient (Wildman–Crippen LogP) is 11.0. The number of ether oxygens (including phenoxy) is 1. The molecule has 0 spiro atoms. The van der Waals surface area contributed by atoms with E-state index in [1.807, 2.05) is 0 Å². The number of aliphatic imine (C=N–C) groups is 1. The van der Waals surface area contributed by atoms with Gasteiger partial charge in [0.2, 0.25) is 0 Å². The summed E-state index contributed by atoms with van der Waals surface area (Å²) in [6.07, 6.45) is -20.4. The van der Waals surface area contributed by atoms with Crippen LogP contribution < -0.4 is 0 Å². The van der Waals surface area contributed by atoms with Crippen LogP contribution in [0.3, 0.4) is 0 Å². The van der Waals surface area contributed by atoms with E-state index in [0.717, 1.165) is 0 Å². The highest BCUT2D eigenvalue weighted by Crippen LogP contribution is 2.42. The summed E-state index contributed by atoms with van der Waals surface area (Å²) in [5.41, 5.74) is -6.15. The molecule has 1 unspecified atom stereocenters. The quantitative estimate of drug-likeness (QED) is 0.173. The van der Waals surface area contributed by atoms with Gasteiger partial charge in [-0.3, -0.25) is 0 Å². The molecule has 2 heterocycles. The largest absolute Gasteiger partial charge is 0.479 e. The second-order valence-electron chi connectivity index (χ2n) is 11.3. The van der Waals surface area contributed by atoms with Gasteiger partial charge in [0.05, 0.1) is 22.3 Å². The number of hydrogen-bond acceptors (Lipinski definition) is 2. The molecule has 1 aliphatic heterocycles. The molecule has 1 aromatic heterocycles. The van der Waals surface area contributed by atoms with Crippen molar-refractivity contribution in [2.45, 2.75) is 44.2 Å². The van der Waals surface area contributed by atoms with Crippen molar-refractivity contribution in [3.05, 3.63) is 95.1 Å². The third-order valence-corrected chi connectivity index (χ3v) is 7.95. The van der Waals surface area contributed by atoms with Crippen LogP contribution in [-0.2, 0) is 36.0 Å². The first-order chi connectivity index (χ1) is 22.2. The lowest BCUT2D eigenvalue weighted by Crippen LogP contribution is -2.15. The Balaban J connectivity index is 1.59. The van der Waals surface area contributed by atoms with E-state index in [9.17, 15) is 52.7 Å². The van der Waals surface area contributed by atoms with E-state index < -0.39 is 64.1 Å². The maximum Gasteiger partial charge on any atom is 0.416 e. The van der Waals surface area contributed by atoms with Crippen LogP contribution >= 0.6 is 0 Å². The molecule has 0 fully saturated rings. The number of halogens is 12. The number of hydrogen-bond donors (Lipinski definition) is 0. The molecule has 0 aliphatic carbocycles. The van der Waals surface area contributed by atoms with Crippen molar-refractivity contribution in [1.82, 2.24) is 4.57 Å². The summed E-state index contributed by atoms with van der Waals surface area (Å²) in [6, 6.07) is 10.1. The molecular formula is C33H20F12N2O. The van der Waals surface area contributed by atoms with Crippen molar-refractivity contribution in [3.8, 4) is 22.3 Å². The van der Waals surface area contributed by atoms with Gasteiger partial charge in [-0.1, -0.05) is 12.1 Å². The van der Waals surface area contributed by atoms with Crippen LogP contribution in [-0.4, -0.2) is 23.1 Å². The topological polar surface area (TPSA) is 26.5 Å². The molecule has 0 radical (unpaired) electrons. The van der Waals surface area contributed by atoms with Crippen LogP contribution in [0.1, 0.15) is 29.2 Å². The van der Waals surface area contributed by atoms with E-state index in [1.165, 1.54) is 36.4 Å². The Morgan fingerprint density at radius 2 is 0.938 bits per heavy atom. The van der Waals surface area contributed by atoms with Gasteiger partial charge in [-0.05, 0) is 82.9 Å². The minimum Gasteiger partial charge on any atom is -0.479 e. The van der Waals surface area contributed by atoms with Crippen LogP contribution in [0.4, 0.5) is 52.7 Å². The Morgan fingerprint density at radius 1 is 0.562 bits per heavy atom. The van der Waals surface area contributed by atoms with Crippen molar-refractivity contribution >= 4 is 27.7 Å². The normalized spacial score (nSPS) is 16.1. The molecule has 3 nitrogen and oxygen atoms in total. The van der Waals surface area contributed by atoms with Crippen molar-refractivity contribution in [3.63, 3.8) is 0 Å². The molecule has 6 rings (SSSR count).